The van der Waals surface area contributed by atoms with Gasteiger partial charge in [-0.3, -0.25) is 9.97 Å². The van der Waals surface area contributed by atoms with E-state index in [9.17, 15) is 0 Å². The van der Waals surface area contributed by atoms with Crippen molar-refractivity contribution in [3.05, 3.63) is 84.2 Å². The van der Waals surface area contributed by atoms with Gasteiger partial charge in [0.05, 0.1) is 5.52 Å². The van der Waals surface area contributed by atoms with Crippen LogP contribution in [0.15, 0.2) is 72.9 Å². The zero-order valence-electron chi connectivity index (χ0n) is 16.3. The van der Waals surface area contributed by atoms with E-state index in [-0.39, 0.29) is 0 Å². The molecule has 146 valence electrons. The number of aryl methyl sites for hydroxylation is 1. The predicted octanol–water partition coefficient (Wildman–Crippen LogP) is 4.36. The maximum absolute atomic E-state index is 6.08. The van der Waals surface area contributed by atoms with Crippen LogP contribution in [-0.2, 0) is 6.61 Å². The van der Waals surface area contributed by atoms with Gasteiger partial charge in [-0.25, -0.2) is 0 Å². The van der Waals surface area contributed by atoms with Gasteiger partial charge in [0.2, 0.25) is 5.82 Å². The summed E-state index contributed by atoms with van der Waals surface area (Å²) in [6.07, 6.45) is 1.75. The van der Waals surface area contributed by atoms with E-state index in [0.717, 1.165) is 44.7 Å². The molecule has 3 heterocycles. The number of nitrogens with one attached hydrogen (secondary N) is 1. The van der Waals surface area contributed by atoms with Crippen LogP contribution < -0.4 is 4.74 Å². The second kappa shape index (κ2) is 7.71. The summed E-state index contributed by atoms with van der Waals surface area (Å²) in [4.78, 5) is 8.92. The second-order valence-electron chi connectivity index (χ2n) is 6.90. The summed E-state index contributed by atoms with van der Waals surface area (Å²) in [5.41, 5.74) is 6.63. The van der Waals surface area contributed by atoms with E-state index in [2.05, 4.69) is 60.9 Å². The Morgan fingerprint density at radius 2 is 1.77 bits per heavy atom. The van der Waals surface area contributed by atoms with Crippen LogP contribution in [0.4, 0.5) is 0 Å². The molecule has 3 aromatic heterocycles. The quantitative estimate of drug-likeness (QED) is 0.476. The van der Waals surface area contributed by atoms with E-state index in [1.165, 1.54) is 0 Å². The normalized spacial score (nSPS) is 11.0. The molecule has 0 saturated carbocycles. The molecule has 0 fully saturated rings. The van der Waals surface area contributed by atoms with Crippen molar-refractivity contribution in [2.45, 2.75) is 13.5 Å². The lowest BCUT2D eigenvalue weighted by Gasteiger charge is -2.11. The lowest BCUT2D eigenvalue weighted by molar-refractivity contribution is 0.309. The summed E-state index contributed by atoms with van der Waals surface area (Å²) in [6, 6.07) is 22.0. The van der Waals surface area contributed by atoms with E-state index >= 15 is 0 Å². The van der Waals surface area contributed by atoms with Gasteiger partial charge in [0.25, 0.3) is 0 Å². The monoisotopic (exact) mass is 394 g/mol. The third-order valence-corrected chi connectivity index (χ3v) is 4.83. The second-order valence-corrected chi connectivity index (χ2v) is 6.90. The highest BCUT2D eigenvalue weighted by atomic mass is 16.5. The summed E-state index contributed by atoms with van der Waals surface area (Å²) in [5, 5.41) is 14.4. The van der Waals surface area contributed by atoms with Crippen LogP contribution in [0.2, 0.25) is 0 Å². The number of tetrazole rings is 1. The molecule has 0 radical (unpaired) electrons. The molecule has 7 nitrogen and oxygen atoms in total. The van der Waals surface area contributed by atoms with Gasteiger partial charge >= 0.3 is 0 Å². The average molecular weight is 394 g/mol. The highest BCUT2D eigenvalue weighted by Gasteiger charge is 2.11. The molecule has 0 amide bonds. The van der Waals surface area contributed by atoms with E-state index in [1.54, 1.807) is 6.20 Å². The minimum absolute atomic E-state index is 0.446. The summed E-state index contributed by atoms with van der Waals surface area (Å²) >= 11 is 0. The number of aromatic amines is 1. The number of benzene rings is 2. The van der Waals surface area contributed by atoms with Gasteiger partial charge in [-0.15, -0.1) is 10.2 Å². The fraction of sp³-hybridized carbons (Fsp3) is 0.0870. The van der Waals surface area contributed by atoms with E-state index in [4.69, 9.17) is 4.74 Å². The Labute approximate surface area is 172 Å². The maximum atomic E-state index is 6.08. The van der Waals surface area contributed by atoms with Gasteiger partial charge in [-0.2, -0.15) is 5.21 Å². The molecule has 30 heavy (non-hydrogen) atoms. The van der Waals surface area contributed by atoms with Crippen LogP contribution in [0.25, 0.3) is 33.5 Å². The summed E-state index contributed by atoms with van der Waals surface area (Å²) in [6.45, 7) is 2.40. The van der Waals surface area contributed by atoms with Gasteiger partial charge in [-0.05, 0) is 41.0 Å². The first-order valence-corrected chi connectivity index (χ1v) is 9.55. The van der Waals surface area contributed by atoms with Crippen molar-refractivity contribution in [1.82, 2.24) is 30.6 Å². The highest BCUT2D eigenvalue weighted by molar-refractivity contribution is 5.81. The molecule has 5 aromatic rings. The van der Waals surface area contributed by atoms with Crippen LogP contribution in [0.3, 0.4) is 0 Å². The van der Waals surface area contributed by atoms with Crippen LogP contribution in [0.1, 0.15) is 11.3 Å². The predicted molar refractivity (Wildman–Crippen MR) is 114 cm³/mol. The lowest BCUT2D eigenvalue weighted by Crippen LogP contribution is -1.98. The third-order valence-electron chi connectivity index (χ3n) is 4.83. The minimum Gasteiger partial charge on any atom is -0.486 e. The third kappa shape index (κ3) is 3.48. The highest BCUT2D eigenvalue weighted by Crippen LogP contribution is 2.30. The SMILES string of the molecule is Cc1cc(OCc2ccc(-c3ccccc3-c3nn[nH]n3)cc2)c2ncccc2n1. The van der Waals surface area contributed by atoms with Crippen LogP contribution in [-0.4, -0.2) is 30.6 Å². The molecule has 0 aliphatic rings. The number of rotatable bonds is 5. The van der Waals surface area contributed by atoms with Crippen molar-refractivity contribution in [1.29, 1.82) is 0 Å². The van der Waals surface area contributed by atoms with Crippen molar-refractivity contribution in [2.24, 2.45) is 0 Å². The van der Waals surface area contributed by atoms with Crippen LogP contribution in [0, 0.1) is 6.92 Å². The molecule has 0 aliphatic heterocycles. The van der Waals surface area contributed by atoms with Crippen molar-refractivity contribution in [3.8, 4) is 28.3 Å². The molecule has 7 heteroatoms. The number of fused-ring (bicyclic) bond motifs is 1. The zero-order valence-corrected chi connectivity index (χ0v) is 16.3. The van der Waals surface area contributed by atoms with Gasteiger partial charge in [0.1, 0.15) is 17.9 Å². The van der Waals surface area contributed by atoms with E-state index in [1.807, 2.05) is 43.3 Å². The summed E-state index contributed by atoms with van der Waals surface area (Å²) < 4.78 is 6.08. The van der Waals surface area contributed by atoms with Crippen molar-refractivity contribution in [2.75, 3.05) is 0 Å². The summed E-state index contributed by atoms with van der Waals surface area (Å²) in [7, 11) is 0. The maximum Gasteiger partial charge on any atom is 0.205 e. The molecule has 0 unspecified atom stereocenters. The molecule has 0 bridgehead atoms. The molecular formula is C23H18N6O. The standard InChI is InChI=1S/C23H18N6O/c1-15-13-21(22-20(25-15)7-4-12-24-22)30-14-16-8-10-17(11-9-16)18-5-2-3-6-19(18)23-26-28-29-27-23/h2-13H,14H2,1H3,(H,26,27,28,29). The number of pyridine rings is 2. The van der Waals surface area contributed by atoms with Gasteiger partial charge < -0.3 is 4.74 Å². The Bertz CT molecular complexity index is 1300. The van der Waals surface area contributed by atoms with Gasteiger partial charge in [0.15, 0.2) is 0 Å². The van der Waals surface area contributed by atoms with Gasteiger partial charge in [-0.1, -0.05) is 48.5 Å². The minimum atomic E-state index is 0.446. The molecule has 0 atom stereocenters. The first-order chi connectivity index (χ1) is 14.8. The fourth-order valence-electron chi connectivity index (χ4n) is 3.41. The Hall–Kier alpha value is -4.13. The largest absolute Gasteiger partial charge is 0.486 e. The smallest absolute Gasteiger partial charge is 0.205 e. The first-order valence-electron chi connectivity index (χ1n) is 9.55. The number of hydrogen-bond donors (Lipinski definition) is 1. The molecular weight excluding hydrogens is 376 g/mol. The molecule has 0 saturated heterocycles. The van der Waals surface area contributed by atoms with Gasteiger partial charge in [0, 0.05) is 23.5 Å². The van der Waals surface area contributed by atoms with Crippen molar-refractivity contribution in [3.63, 3.8) is 0 Å². The molecule has 1 N–H and O–H groups in total. The number of nitrogens with zero attached hydrogens (tertiary/aromatic N) is 5. The van der Waals surface area contributed by atoms with Crippen LogP contribution in [0.5, 0.6) is 5.75 Å². The lowest BCUT2D eigenvalue weighted by atomic mass is 9.98. The molecule has 2 aromatic carbocycles. The number of H-pyrrole nitrogens is 1. The molecule has 0 spiro atoms. The first kappa shape index (κ1) is 17.9. The Morgan fingerprint density at radius 1 is 0.933 bits per heavy atom. The molecule has 0 aliphatic carbocycles. The average Bonchev–Trinajstić information content (AvgIpc) is 3.33. The number of aromatic nitrogens is 6. The fourth-order valence-corrected chi connectivity index (χ4v) is 3.41. The zero-order chi connectivity index (χ0) is 20.3. The van der Waals surface area contributed by atoms with Crippen molar-refractivity contribution < 1.29 is 4.74 Å². The Morgan fingerprint density at radius 3 is 2.57 bits per heavy atom. The topological polar surface area (TPSA) is 89.5 Å². The summed E-state index contributed by atoms with van der Waals surface area (Å²) in [5.74, 6) is 1.31. The van der Waals surface area contributed by atoms with E-state index in [0.29, 0.717) is 12.4 Å². The Balaban J connectivity index is 1.39. The van der Waals surface area contributed by atoms with Crippen molar-refractivity contribution >= 4 is 11.0 Å². The molecule has 5 rings (SSSR count). The number of ether oxygens (including phenoxy) is 1. The number of hydrogen-bond acceptors (Lipinski definition) is 6. The van der Waals surface area contributed by atoms with Crippen LogP contribution >= 0.6 is 0 Å². The van der Waals surface area contributed by atoms with E-state index < -0.39 is 0 Å². The Kier molecular flexibility index (Phi) is 4.61.